The number of nitrogens with one attached hydrogen (secondary N) is 1. The predicted octanol–water partition coefficient (Wildman–Crippen LogP) is 3.56. The van der Waals surface area contributed by atoms with Gasteiger partial charge in [0.25, 0.3) is 0 Å². The number of esters is 3. The molecule has 0 bridgehead atoms. The maximum atomic E-state index is 12.4. The largest absolute Gasteiger partial charge is 0.494 e. The lowest BCUT2D eigenvalue weighted by molar-refractivity contribution is -0.211. The lowest BCUT2D eigenvalue weighted by atomic mass is 9.97. The number of thioether (sulfide) groups is 1. The van der Waals surface area contributed by atoms with Gasteiger partial charge < -0.3 is 33.6 Å². The van der Waals surface area contributed by atoms with Gasteiger partial charge in [-0.15, -0.1) is 0 Å². The number of benzene rings is 2. The lowest BCUT2D eigenvalue weighted by Crippen LogP contribution is -2.65. The number of imidazole rings is 1. The highest BCUT2D eigenvalue weighted by Gasteiger charge is 2.51. The summed E-state index contributed by atoms with van der Waals surface area (Å²) in [5.74, 6) is -1.51. The Kier molecular flexibility index (Phi) is 11.2. The second kappa shape index (κ2) is 15.1. The second-order valence-electron chi connectivity index (χ2n) is 10.4. The second-order valence-corrected chi connectivity index (χ2v) is 11.5. The SMILES string of the molecule is CC(=O)N[C@H]1[C@@H](OC(C)=O)[C@H](OC(C)=O)[C@@H](COC(C)=O)O[C@H]1Sc1nc2ccccc2n1CCCOc1ccc(C)cc1. The van der Waals surface area contributed by atoms with Gasteiger partial charge in [0.1, 0.15) is 29.9 Å². The minimum absolute atomic E-state index is 0.276. The zero-order valence-electron chi connectivity index (χ0n) is 25.3. The van der Waals surface area contributed by atoms with Crippen LogP contribution in [0.3, 0.4) is 0 Å². The van der Waals surface area contributed by atoms with E-state index in [1.165, 1.54) is 39.5 Å². The first kappa shape index (κ1) is 32.8. The number of hydrogen-bond acceptors (Lipinski definition) is 11. The number of fused-ring (bicyclic) bond motifs is 1. The van der Waals surface area contributed by atoms with Gasteiger partial charge in [0, 0.05) is 34.2 Å². The molecule has 12 nitrogen and oxygen atoms in total. The quantitative estimate of drug-likeness (QED) is 0.179. The van der Waals surface area contributed by atoms with Crippen LogP contribution in [0.4, 0.5) is 0 Å². The molecule has 1 aliphatic heterocycles. The van der Waals surface area contributed by atoms with Crippen LogP contribution in [0.25, 0.3) is 11.0 Å². The predicted molar refractivity (Wildman–Crippen MR) is 161 cm³/mol. The third-order valence-corrected chi connectivity index (χ3v) is 7.89. The molecule has 0 saturated carbocycles. The monoisotopic (exact) mass is 627 g/mol. The first-order valence-corrected chi connectivity index (χ1v) is 15.1. The highest BCUT2D eigenvalue weighted by atomic mass is 32.2. The van der Waals surface area contributed by atoms with Crippen LogP contribution >= 0.6 is 11.8 Å². The highest BCUT2D eigenvalue weighted by molar-refractivity contribution is 7.99. The van der Waals surface area contributed by atoms with Crippen molar-refractivity contribution in [3.63, 3.8) is 0 Å². The molecule has 0 unspecified atom stereocenters. The van der Waals surface area contributed by atoms with Gasteiger partial charge in [-0.05, 0) is 37.6 Å². The maximum Gasteiger partial charge on any atom is 0.303 e. The molecule has 1 fully saturated rings. The molecule has 1 N–H and O–H groups in total. The maximum absolute atomic E-state index is 12.4. The van der Waals surface area contributed by atoms with Gasteiger partial charge in [0.15, 0.2) is 17.4 Å². The number of aryl methyl sites for hydroxylation is 2. The summed E-state index contributed by atoms with van der Waals surface area (Å²) in [6.07, 6.45) is -2.65. The highest BCUT2D eigenvalue weighted by Crippen LogP contribution is 2.37. The summed E-state index contributed by atoms with van der Waals surface area (Å²) < 4.78 is 30.7. The van der Waals surface area contributed by atoms with E-state index in [1.54, 1.807) is 0 Å². The summed E-state index contributed by atoms with van der Waals surface area (Å²) in [6, 6.07) is 14.6. The van der Waals surface area contributed by atoms with Crippen molar-refractivity contribution in [1.82, 2.24) is 14.9 Å². The molecular weight excluding hydrogens is 590 g/mol. The number of ether oxygens (including phenoxy) is 5. The fraction of sp³-hybridized carbons (Fsp3) is 0.452. The molecule has 0 radical (unpaired) electrons. The van der Waals surface area contributed by atoms with Crippen molar-refractivity contribution in [1.29, 1.82) is 0 Å². The van der Waals surface area contributed by atoms with Gasteiger partial charge in [-0.3, -0.25) is 19.2 Å². The molecule has 1 aromatic heterocycles. The fourth-order valence-electron chi connectivity index (χ4n) is 4.90. The van der Waals surface area contributed by atoms with Crippen LogP contribution < -0.4 is 10.1 Å². The average molecular weight is 628 g/mol. The van der Waals surface area contributed by atoms with E-state index in [1.807, 2.05) is 60.0 Å². The molecule has 2 aromatic carbocycles. The third-order valence-electron chi connectivity index (χ3n) is 6.73. The summed E-state index contributed by atoms with van der Waals surface area (Å²) in [5.41, 5.74) is 1.92. The van der Waals surface area contributed by atoms with Crippen molar-refractivity contribution >= 4 is 46.6 Å². The first-order valence-electron chi connectivity index (χ1n) is 14.2. The Bertz CT molecular complexity index is 1480. The molecule has 236 valence electrons. The van der Waals surface area contributed by atoms with Crippen LogP contribution in [0.5, 0.6) is 5.75 Å². The van der Waals surface area contributed by atoms with Crippen molar-refractivity contribution in [3.05, 3.63) is 54.1 Å². The molecule has 1 amide bonds. The molecule has 44 heavy (non-hydrogen) atoms. The fourth-order valence-corrected chi connectivity index (χ4v) is 6.15. The van der Waals surface area contributed by atoms with Crippen molar-refractivity contribution in [3.8, 4) is 5.75 Å². The molecule has 3 aromatic rings. The Morgan fingerprint density at radius 2 is 1.61 bits per heavy atom. The first-order chi connectivity index (χ1) is 21.0. The van der Waals surface area contributed by atoms with Crippen LogP contribution in [0.15, 0.2) is 53.7 Å². The number of amides is 1. The van der Waals surface area contributed by atoms with E-state index in [0.29, 0.717) is 24.7 Å². The summed E-state index contributed by atoms with van der Waals surface area (Å²) in [6.45, 7) is 7.75. The summed E-state index contributed by atoms with van der Waals surface area (Å²) in [4.78, 5) is 53.1. The number of hydrogen-bond donors (Lipinski definition) is 1. The Morgan fingerprint density at radius 1 is 0.932 bits per heavy atom. The van der Waals surface area contributed by atoms with Gasteiger partial charge in [-0.2, -0.15) is 0 Å². The normalized spacial score (nSPS) is 21.3. The van der Waals surface area contributed by atoms with Crippen molar-refractivity contribution in [2.24, 2.45) is 0 Å². The van der Waals surface area contributed by atoms with E-state index in [2.05, 4.69) is 5.32 Å². The number of aromatic nitrogens is 2. The number of nitrogens with zero attached hydrogens (tertiary/aromatic N) is 2. The Hall–Kier alpha value is -4.10. The van der Waals surface area contributed by atoms with E-state index < -0.39 is 53.6 Å². The molecular formula is C31H37N3O9S. The third kappa shape index (κ3) is 8.73. The molecule has 1 saturated heterocycles. The zero-order chi connectivity index (χ0) is 31.8. The van der Waals surface area contributed by atoms with Crippen LogP contribution in [0.1, 0.15) is 39.7 Å². The Morgan fingerprint density at radius 3 is 2.27 bits per heavy atom. The Balaban J connectivity index is 1.64. The molecule has 5 atom stereocenters. The van der Waals surface area contributed by atoms with Crippen LogP contribution in [-0.2, 0) is 44.7 Å². The summed E-state index contributed by atoms with van der Waals surface area (Å²) >= 11 is 1.21. The molecule has 0 aliphatic carbocycles. The van der Waals surface area contributed by atoms with Crippen LogP contribution in [0, 0.1) is 6.92 Å². The summed E-state index contributed by atoms with van der Waals surface area (Å²) in [7, 11) is 0. The number of carbonyl (C=O) groups is 4. The van der Waals surface area contributed by atoms with E-state index in [-0.39, 0.29) is 6.61 Å². The van der Waals surface area contributed by atoms with Crippen molar-refractivity contribution < 1.29 is 42.9 Å². The van der Waals surface area contributed by atoms with Crippen LogP contribution in [0.2, 0.25) is 0 Å². The van der Waals surface area contributed by atoms with E-state index in [0.717, 1.165) is 22.3 Å². The van der Waals surface area contributed by atoms with Gasteiger partial charge in [-0.1, -0.05) is 41.6 Å². The van der Waals surface area contributed by atoms with Gasteiger partial charge >= 0.3 is 17.9 Å². The van der Waals surface area contributed by atoms with Crippen molar-refractivity contribution in [2.75, 3.05) is 13.2 Å². The van der Waals surface area contributed by atoms with Crippen LogP contribution in [-0.4, -0.2) is 76.4 Å². The minimum atomic E-state index is -1.16. The summed E-state index contributed by atoms with van der Waals surface area (Å²) in [5, 5.41) is 3.39. The molecule has 13 heteroatoms. The molecule has 0 spiro atoms. The van der Waals surface area contributed by atoms with E-state index >= 15 is 0 Å². The number of carbonyl (C=O) groups excluding carboxylic acids is 4. The molecule has 2 heterocycles. The zero-order valence-corrected chi connectivity index (χ0v) is 26.1. The van der Waals surface area contributed by atoms with Gasteiger partial charge in [0.05, 0.1) is 17.6 Å². The lowest BCUT2D eigenvalue weighted by Gasteiger charge is -2.44. The molecule has 1 aliphatic rings. The standard InChI is InChI=1S/C31H37N3O9S/c1-18-11-13-23(14-12-18)39-16-8-15-34-25-10-7-6-9-24(25)33-31(34)44-30-27(32-19(2)35)29(42-22(5)38)28(41-21(4)37)26(43-30)17-40-20(3)36/h6-7,9-14,26-30H,8,15-17H2,1-5H3,(H,32,35)/t26-,27+,28-,29-,30+/m1/s1. The molecule has 4 rings (SSSR count). The topological polar surface area (TPSA) is 144 Å². The van der Waals surface area contributed by atoms with Gasteiger partial charge in [0.2, 0.25) is 5.91 Å². The Labute approximate surface area is 259 Å². The average Bonchev–Trinajstić information content (AvgIpc) is 3.30. The van der Waals surface area contributed by atoms with E-state index in [9.17, 15) is 19.2 Å². The van der Waals surface area contributed by atoms with Crippen molar-refractivity contribution in [2.45, 2.75) is 82.5 Å². The minimum Gasteiger partial charge on any atom is -0.494 e. The van der Waals surface area contributed by atoms with Gasteiger partial charge in [-0.25, -0.2) is 4.98 Å². The number of para-hydroxylation sites is 2. The van der Waals surface area contributed by atoms with E-state index in [4.69, 9.17) is 28.7 Å². The number of rotatable bonds is 12. The smallest absolute Gasteiger partial charge is 0.303 e.